The van der Waals surface area contributed by atoms with Crippen LogP contribution in [0.25, 0.3) is 0 Å². The van der Waals surface area contributed by atoms with Crippen LogP contribution in [-0.2, 0) is 27.8 Å². The van der Waals surface area contributed by atoms with E-state index >= 15 is 0 Å². The van der Waals surface area contributed by atoms with Crippen molar-refractivity contribution in [3.8, 4) is 0 Å². The minimum Gasteiger partial charge on any atom is -0.460 e. The zero-order valence-electron chi connectivity index (χ0n) is 12.6. The Labute approximate surface area is 119 Å². The van der Waals surface area contributed by atoms with Crippen molar-refractivity contribution in [2.45, 2.75) is 45.6 Å². The van der Waals surface area contributed by atoms with Crippen molar-refractivity contribution in [2.24, 2.45) is 7.05 Å². The number of aryl methyl sites for hydroxylation is 1. The average molecular weight is 281 g/mol. The lowest BCUT2D eigenvalue weighted by molar-refractivity contribution is -0.155. The molecule has 0 saturated carbocycles. The molecule has 1 rings (SSSR count). The molecule has 0 unspecified atom stereocenters. The highest BCUT2D eigenvalue weighted by molar-refractivity contribution is 5.81. The molecule has 0 aliphatic heterocycles. The number of carbonyl (C=O) groups excluding carboxylic acids is 2. The molecule has 0 aromatic carbocycles. The maximum Gasteiger partial charge on any atom is 0.306 e. The van der Waals surface area contributed by atoms with E-state index in [0.29, 0.717) is 13.0 Å². The number of aromatic nitrogens is 2. The van der Waals surface area contributed by atoms with Gasteiger partial charge < -0.3 is 10.1 Å². The standard InChI is InChI=1S/C14H23N3O3/c1-14(2,3)20-13(19)6-5-12(18)15-9-7-11-8-10-16-17(11)4/h8,10H,5-7,9H2,1-4H3,(H,15,18). The Kier molecular flexibility index (Phi) is 5.73. The summed E-state index contributed by atoms with van der Waals surface area (Å²) in [6.07, 6.45) is 2.70. The van der Waals surface area contributed by atoms with Crippen LogP contribution in [0.3, 0.4) is 0 Å². The third-order valence-electron chi connectivity index (χ3n) is 2.60. The van der Waals surface area contributed by atoms with E-state index in [4.69, 9.17) is 4.74 Å². The van der Waals surface area contributed by atoms with Gasteiger partial charge in [0.25, 0.3) is 0 Å². The van der Waals surface area contributed by atoms with Gasteiger partial charge in [0.2, 0.25) is 5.91 Å². The topological polar surface area (TPSA) is 73.2 Å². The molecule has 0 radical (unpaired) electrons. The van der Waals surface area contributed by atoms with Gasteiger partial charge in [0.1, 0.15) is 5.60 Å². The maximum absolute atomic E-state index is 11.6. The summed E-state index contributed by atoms with van der Waals surface area (Å²) >= 11 is 0. The van der Waals surface area contributed by atoms with Gasteiger partial charge in [-0.25, -0.2) is 0 Å². The minimum atomic E-state index is -0.507. The van der Waals surface area contributed by atoms with E-state index in [-0.39, 0.29) is 24.7 Å². The van der Waals surface area contributed by atoms with Crippen molar-refractivity contribution >= 4 is 11.9 Å². The van der Waals surface area contributed by atoms with E-state index in [1.807, 2.05) is 13.1 Å². The molecule has 6 nitrogen and oxygen atoms in total. The minimum absolute atomic E-state index is 0.106. The Morgan fingerprint density at radius 1 is 1.35 bits per heavy atom. The Hall–Kier alpha value is -1.85. The lowest BCUT2D eigenvalue weighted by Gasteiger charge is -2.19. The van der Waals surface area contributed by atoms with Crippen LogP contribution >= 0.6 is 0 Å². The zero-order chi connectivity index (χ0) is 15.2. The van der Waals surface area contributed by atoms with Gasteiger partial charge in [-0.05, 0) is 26.8 Å². The summed E-state index contributed by atoms with van der Waals surface area (Å²) < 4.78 is 6.91. The van der Waals surface area contributed by atoms with E-state index < -0.39 is 5.60 Å². The predicted molar refractivity (Wildman–Crippen MR) is 75.0 cm³/mol. The first-order chi connectivity index (χ1) is 9.28. The Balaban J connectivity index is 2.18. The van der Waals surface area contributed by atoms with Crippen LogP contribution in [0.2, 0.25) is 0 Å². The number of nitrogens with one attached hydrogen (secondary N) is 1. The Morgan fingerprint density at radius 2 is 2.05 bits per heavy atom. The Bertz CT molecular complexity index is 460. The molecular formula is C14H23N3O3. The second kappa shape index (κ2) is 7.07. The molecule has 0 aliphatic rings. The highest BCUT2D eigenvalue weighted by atomic mass is 16.6. The summed E-state index contributed by atoms with van der Waals surface area (Å²) in [6.45, 7) is 5.95. The average Bonchev–Trinajstić information content (AvgIpc) is 2.70. The molecule has 1 aromatic rings. The van der Waals surface area contributed by atoms with Gasteiger partial charge in [0.05, 0.1) is 6.42 Å². The number of hydrogen-bond donors (Lipinski definition) is 1. The highest BCUT2D eigenvalue weighted by Crippen LogP contribution is 2.09. The number of rotatable bonds is 6. The van der Waals surface area contributed by atoms with Gasteiger partial charge in [-0.1, -0.05) is 0 Å². The number of amides is 1. The van der Waals surface area contributed by atoms with Gasteiger partial charge in [-0.2, -0.15) is 5.10 Å². The molecule has 0 aliphatic carbocycles. The molecule has 0 saturated heterocycles. The number of hydrogen-bond acceptors (Lipinski definition) is 4. The van der Waals surface area contributed by atoms with Gasteiger partial charge in [-0.3, -0.25) is 14.3 Å². The Morgan fingerprint density at radius 3 is 2.60 bits per heavy atom. The van der Waals surface area contributed by atoms with Crippen molar-refractivity contribution in [3.63, 3.8) is 0 Å². The maximum atomic E-state index is 11.6. The quantitative estimate of drug-likeness (QED) is 0.795. The predicted octanol–water partition coefficient (Wildman–Crippen LogP) is 1.20. The molecule has 1 N–H and O–H groups in total. The van der Waals surface area contributed by atoms with E-state index in [9.17, 15) is 9.59 Å². The van der Waals surface area contributed by atoms with Crippen molar-refractivity contribution in [1.29, 1.82) is 0 Å². The second-order valence-electron chi connectivity index (χ2n) is 5.63. The second-order valence-corrected chi connectivity index (χ2v) is 5.63. The van der Waals surface area contributed by atoms with E-state index in [1.54, 1.807) is 31.6 Å². The number of carbonyl (C=O) groups is 2. The smallest absolute Gasteiger partial charge is 0.306 e. The van der Waals surface area contributed by atoms with Crippen LogP contribution in [0.1, 0.15) is 39.3 Å². The highest BCUT2D eigenvalue weighted by Gasteiger charge is 2.16. The molecule has 0 fully saturated rings. The third-order valence-corrected chi connectivity index (χ3v) is 2.60. The molecule has 1 aromatic heterocycles. The molecule has 112 valence electrons. The summed E-state index contributed by atoms with van der Waals surface area (Å²) in [6, 6.07) is 1.91. The monoisotopic (exact) mass is 281 g/mol. The van der Waals surface area contributed by atoms with Gasteiger partial charge in [0.15, 0.2) is 0 Å². The zero-order valence-corrected chi connectivity index (χ0v) is 12.6. The van der Waals surface area contributed by atoms with E-state index in [1.165, 1.54) is 0 Å². The van der Waals surface area contributed by atoms with Crippen LogP contribution in [-0.4, -0.2) is 33.8 Å². The molecule has 0 spiro atoms. The molecule has 0 atom stereocenters. The summed E-state index contributed by atoms with van der Waals surface area (Å²) in [7, 11) is 1.86. The lowest BCUT2D eigenvalue weighted by Crippen LogP contribution is -2.28. The lowest BCUT2D eigenvalue weighted by atomic mass is 10.2. The summed E-state index contributed by atoms with van der Waals surface area (Å²) in [5, 5.41) is 6.83. The number of esters is 1. The molecule has 1 amide bonds. The van der Waals surface area contributed by atoms with Crippen LogP contribution in [0.4, 0.5) is 0 Å². The summed E-state index contributed by atoms with van der Waals surface area (Å²) in [5.74, 6) is -0.489. The first-order valence-corrected chi connectivity index (χ1v) is 6.73. The van der Waals surface area contributed by atoms with Crippen molar-refractivity contribution < 1.29 is 14.3 Å². The SMILES string of the molecule is Cn1nccc1CCNC(=O)CCC(=O)OC(C)(C)C. The van der Waals surface area contributed by atoms with Crippen LogP contribution in [0.5, 0.6) is 0 Å². The van der Waals surface area contributed by atoms with Gasteiger partial charge in [-0.15, -0.1) is 0 Å². The molecule has 1 heterocycles. The van der Waals surface area contributed by atoms with E-state index in [2.05, 4.69) is 10.4 Å². The van der Waals surface area contributed by atoms with Crippen molar-refractivity contribution in [2.75, 3.05) is 6.54 Å². The van der Waals surface area contributed by atoms with Crippen LogP contribution < -0.4 is 5.32 Å². The van der Waals surface area contributed by atoms with Crippen molar-refractivity contribution in [3.05, 3.63) is 18.0 Å². The van der Waals surface area contributed by atoms with Gasteiger partial charge in [0, 0.05) is 38.3 Å². The largest absolute Gasteiger partial charge is 0.460 e. The summed E-state index contributed by atoms with van der Waals surface area (Å²) in [5.41, 5.74) is 0.546. The molecule has 6 heteroatoms. The summed E-state index contributed by atoms with van der Waals surface area (Å²) in [4.78, 5) is 23.0. The van der Waals surface area contributed by atoms with Crippen LogP contribution in [0.15, 0.2) is 12.3 Å². The van der Waals surface area contributed by atoms with Gasteiger partial charge >= 0.3 is 5.97 Å². The fourth-order valence-electron chi connectivity index (χ4n) is 1.67. The third kappa shape index (κ3) is 6.36. The number of nitrogens with zero attached hydrogens (tertiary/aromatic N) is 2. The fraction of sp³-hybridized carbons (Fsp3) is 0.643. The normalized spacial score (nSPS) is 11.2. The van der Waals surface area contributed by atoms with E-state index in [0.717, 1.165) is 5.69 Å². The number of ether oxygens (including phenoxy) is 1. The molecule has 20 heavy (non-hydrogen) atoms. The van der Waals surface area contributed by atoms with Crippen molar-refractivity contribution in [1.82, 2.24) is 15.1 Å². The van der Waals surface area contributed by atoms with Crippen LogP contribution in [0, 0.1) is 0 Å². The first kappa shape index (κ1) is 16.2. The molecular weight excluding hydrogens is 258 g/mol. The molecule has 0 bridgehead atoms. The first-order valence-electron chi connectivity index (χ1n) is 6.73. The fourth-order valence-corrected chi connectivity index (χ4v) is 1.67.